The lowest BCUT2D eigenvalue weighted by Crippen LogP contribution is -2.30. The van der Waals surface area contributed by atoms with Crippen LogP contribution in [-0.2, 0) is 11.3 Å². The Morgan fingerprint density at radius 2 is 2.08 bits per heavy atom. The maximum absolute atomic E-state index is 12.2. The Hall–Kier alpha value is -2.01. The Balaban J connectivity index is 1.54. The third kappa shape index (κ3) is 3.56. The van der Waals surface area contributed by atoms with Crippen LogP contribution in [0.3, 0.4) is 0 Å². The Labute approximate surface area is 147 Å². The molecule has 1 saturated carbocycles. The largest absolute Gasteiger partial charge is 0.494 e. The van der Waals surface area contributed by atoms with E-state index in [0.29, 0.717) is 17.5 Å². The molecule has 1 N–H and O–H groups in total. The lowest BCUT2D eigenvalue weighted by molar-refractivity contribution is -0.122. The summed E-state index contributed by atoms with van der Waals surface area (Å²) in [6, 6.07) is 8.30. The van der Waals surface area contributed by atoms with Gasteiger partial charge in [-0.05, 0) is 44.9 Å². The van der Waals surface area contributed by atoms with Crippen molar-refractivity contribution in [1.82, 2.24) is 15.1 Å². The van der Waals surface area contributed by atoms with Gasteiger partial charge in [-0.3, -0.25) is 9.48 Å². The summed E-state index contributed by atoms with van der Waals surface area (Å²) in [6.07, 6.45) is 0.970. The third-order valence-corrected chi connectivity index (χ3v) is 4.89. The lowest BCUT2D eigenvalue weighted by atomic mass is 10.1. The molecule has 1 aromatic carbocycles. The van der Waals surface area contributed by atoms with Crippen molar-refractivity contribution in [1.29, 1.82) is 0 Å². The summed E-state index contributed by atoms with van der Waals surface area (Å²) in [7, 11) is 0. The van der Waals surface area contributed by atoms with Crippen LogP contribution < -0.4 is 10.1 Å². The number of benzene rings is 1. The normalized spacial score (nSPS) is 19.2. The van der Waals surface area contributed by atoms with E-state index in [9.17, 15) is 4.79 Å². The zero-order chi connectivity index (χ0) is 17.3. The highest BCUT2D eigenvalue weighted by atomic mass is 35.5. The standard InChI is InChI=1S/C18H22ClN3O2/c1-4-24-14-7-5-13(6-8-14)15-9-16(15)20-17(23)10-22-12(3)18(19)11(2)21-22/h5-8,15-16H,4,9-10H2,1-3H3,(H,20,23)/t15-,16+/m0/s1. The summed E-state index contributed by atoms with van der Waals surface area (Å²) in [5, 5.41) is 7.99. The summed E-state index contributed by atoms with van der Waals surface area (Å²) in [6.45, 7) is 6.54. The van der Waals surface area contributed by atoms with E-state index in [1.807, 2.05) is 32.9 Å². The molecule has 1 aliphatic rings. The molecule has 3 rings (SSSR count). The molecule has 2 atom stereocenters. The van der Waals surface area contributed by atoms with Gasteiger partial charge < -0.3 is 10.1 Å². The molecule has 0 radical (unpaired) electrons. The van der Waals surface area contributed by atoms with Crippen LogP contribution in [0.5, 0.6) is 5.75 Å². The molecular weight excluding hydrogens is 326 g/mol. The van der Waals surface area contributed by atoms with Gasteiger partial charge in [-0.2, -0.15) is 5.10 Å². The van der Waals surface area contributed by atoms with Gasteiger partial charge >= 0.3 is 0 Å². The molecule has 1 amide bonds. The molecule has 1 aromatic heterocycles. The average Bonchev–Trinajstić information content (AvgIpc) is 3.27. The maximum Gasteiger partial charge on any atom is 0.241 e. The summed E-state index contributed by atoms with van der Waals surface area (Å²) >= 11 is 6.11. The van der Waals surface area contributed by atoms with Crippen LogP contribution in [0.2, 0.25) is 5.02 Å². The molecule has 1 heterocycles. The molecule has 5 nitrogen and oxygen atoms in total. The number of nitrogens with zero attached hydrogens (tertiary/aromatic N) is 2. The Morgan fingerprint density at radius 3 is 2.67 bits per heavy atom. The molecule has 24 heavy (non-hydrogen) atoms. The number of hydrogen-bond acceptors (Lipinski definition) is 3. The highest BCUT2D eigenvalue weighted by Crippen LogP contribution is 2.41. The van der Waals surface area contributed by atoms with Crippen LogP contribution in [-0.4, -0.2) is 28.3 Å². The van der Waals surface area contributed by atoms with Crippen LogP contribution in [0.15, 0.2) is 24.3 Å². The molecule has 0 unspecified atom stereocenters. The van der Waals surface area contributed by atoms with Gasteiger partial charge in [0.25, 0.3) is 0 Å². The fourth-order valence-corrected chi connectivity index (χ4v) is 3.05. The Bertz CT molecular complexity index is 739. The van der Waals surface area contributed by atoms with Crippen molar-refractivity contribution in [2.45, 2.75) is 45.7 Å². The van der Waals surface area contributed by atoms with Crippen molar-refractivity contribution in [2.75, 3.05) is 6.61 Å². The van der Waals surface area contributed by atoms with Crippen molar-refractivity contribution in [3.63, 3.8) is 0 Å². The highest BCUT2D eigenvalue weighted by molar-refractivity contribution is 6.31. The van der Waals surface area contributed by atoms with Crippen LogP contribution in [0.1, 0.15) is 36.2 Å². The molecule has 0 aliphatic heterocycles. The van der Waals surface area contributed by atoms with Crippen molar-refractivity contribution < 1.29 is 9.53 Å². The number of nitrogens with one attached hydrogen (secondary N) is 1. The van der Waals surface area contributed by atoms with Gasteiger partial charge in [0.15, 0.2) is 0 Å². The zero-order valence-electron chi connectivity index (χ0n) is 14.2. The molecule has 6 heteroatoms. The van der Waals surface area contributed by atoms with Gasteiger partial charge in [0.05, 0.1) is 23.0 Å². The maximum atomic E-state index is 12.2. The summed E-state index contributed by atoms with van der Waals surface area (Å²) < 4.78 is 7.11. The van der Waals surface area contributed by atoms with Crippen molar-refractivity contribution >= 4 is 17.5 Å². The van der Waals surface area contributed by atoms with Crippen LogP contribution in [0, 0.1) is 13.8 Å². The predicted octanol–water partition coefficient (Wildman–Crippen LogP) is 3.22. The molecule has 2 aromatic rings. The number of ether oxygens (including phenoxy) is 1. The smallest absolute Gasteiger partial charge is 0.241 e. The number of carbonyl (C=O) groups excluding carboxylic acids is 1. The fourth-order valence-electron chi connectivity index (χ4n) is 2.92. The van der Waals surface area contributed by atoms with Gasteiger partial charge in [-0.1, -0.05) is 23.7 Å². The van der Waals surface area contributed by atoms with E-state index in [0.717, 1.165) is 23.6 Å². The Morgan fingerprint density at radius 1 is 1.38 bits per heavy atom. The second-order valence-electron chi connectivity index (χ2n) is 6.16. The van der Waals surface area contributed by atoms with E-state index in [-0.39, 0.29) is 18.5 Å². The van der Waals surface area contributed by atoms with Gasteiger partial charge in [0.1, 0.15) is 12.3 Å². The molecule has 0 bridgehead atoms. The van der Waals surface area contributed by atoms with Crippen molar-refractivity contribution in [3.8, 4) is 5.75 Å². The number of aromatic nitrogens is 2. The first-order valence-corrected chi connectivity index (χ1v) is 8.59. The topological polar surface area (TPSA) is 56.1 Å². The first-order valence-electron chi connectivity index (χ1n) is 8.21. The first kappa shape index (κ1) is 16.8. The van der Waals surface area contributed by atoms with E-state index >= 15 is 0 Å². The summed E-state index contributed by atoms with van der Waals surface area (Å²) in [4.78, 5) is 12.2. The quantitative estimate of drug-likeness (QED) is 0.872. The number of hydrogen-bond donors (Lipinski definition) is 1. The predicted molar refractivity (Wildman–Crippen MR) is 93.6 cm³/mol. The number of halogens is 1. The Kier molecular flexibility index (Phi) is 4.81. The van der Waals surface area contributed by atoms with Gasteiger partial charge in [0.2, 0.25) is 5.91 Å². The second-order valence-corrected chi connectivity index (χ2v) is 6.54. The van der Waals surface area contributed by atoms with Gasteiger partial charge in [-0.25, -0.2) is 0 Å². The number of amides is 1. The number of aryl methyl sites for hydroxylation is 1. The first-order chi connectivity index (χ1) is 11.5. The van der Waals surface area contributed by atoms with E-state index in [1.54, 1.807) is 4.68 Å². The van der Waals surface area contributed by atoms with Crippen molar-refractivity contribution in [3.05, 3.63) is 46.2 Å². The van der Waals surface area contributed by atoms with E-state index in [4.69, 9.17) is 16.3 Å². The minimum atomic E-state index is -0.0318. The SMILES string of the molecule is CCOc1ccc([C@@H]2C[C@H]2NC(=O)Cn2nc(C)c(Cl)c2C)cc1. The molecule has 0 saturated heterocycles. The van der Waals surface area contributed by atoms with E-state index < -0.39 is 0 Å². The second kappa shape index (κ2) is 6.85. The molecule has 1 aliphatic carbocycles. The monoisotopic (exact) mass is 347 g/mol. The number of carbonyl (C=O) groups is 1. The van der Waals surface area contributed by atoms with E-state index in [1.165, 1.54) is 5.56 Å². The van der Waals surface area contributed by atoms with Crippen LogP contribution in [0.25, 0.3) is 0 Å². The van der Waals surface area contributed by atoms with Crippen molar-refractivity contribution in [2.24, 2.45) is 0 Å². The third-order valence-electron chi connectivity index (χ3n) is 4.34. The molecule has 128 valence electrons. The summed E-state index contributed by atoms with van der Waals surface area (Å²) in [5.74, 6) is 1.23. The zero-order valence-corrected chi connectivity index (χ0v) is 14.9. The summed E-state index contributed by atoms with van der Waals surface area (Å²) in [5.41, 5.74) is 2.81. The average molecular weight is 348 g/mol. The van der Waals surface area contributed by atoms with Gasteiger partial charge in [0, 0.05) is 12.0 Å². The minimum Gasteiger partial charge on any atom is -0.494 e. The molecule has 1 fully saturated rings. The minimum absolute atomic E-state index is 0.0318. The fraction of sp³-hybridized carbons (Fsp3) is 0.444. The van der Waals surface area contributed by atoms with E-state index in [2.05, 4.69) is 22.5 Å². The molecule has 0 spiro atoms. The lowest BCUT2D eigenvalue weighted by Gasteiger charge is -2.07. The highest BCUT2D eigenvalue weighted by Gasteiger charge is 2.39. The molecular formula is C18H22ClN3O2. The van der Waals surface area contributed by atoms with Gasteiger partial charge in [-0.15, -0.1) is 0 Å². The number of rotatable bonds is 6. The van der Waals surface area contributed by atoms with Crippen LogP contribution >= 0.6 is 11.6 Å². The van der Waals surface area contributed by atoms with Crippen LogP contribution in [0.4, 0.5) is 0 Å².